The van der Waals surface area contributed by atoms with Gasteiger partial charge in [0.15, 0.2) is 5.96 Å². The average Bonchev–Trinajstić information content (AvgIpc) is 2.80. The van der Waals surface area contributed by atoms with E-state index in [1.807, 2.05) is 0 Å². The van der Waals surface area contributed by atoms with Crippen molar-refractivity contribution in [3.05, 3.63) is 35.4 Å². The van der Waals surface area contributed by atoms with Crippen molar-refractivity contribution in [1.29, 1.82) is 0 Å². The quantitative estimate of drug-likeness (QED) is 0.468. The van der Waals surface area contributed by atoms with Gasteiger partial charge in [-0.2, -0.15) is 0 Å². The molecular weight excluding hydrogens is 384 g/mol. The number of hydrogen-bond donors (Lipinski definition) is 2. The molecule has 174 valence electrons. The number of hydrogen-bond acceptors (Lipinski definition) is 4. The molecule has 0 spiro atoms. The van der Waals surface area contributed by atoms with Crippen LogP contribution in [0.3, 0.4) is 0 Å². The van der Waals surface area contributed by atoms with Crippen molar-refractivity contribution in [3.8, 4) is 0 Å². The highest BCUT2D eigenvalue weighted by Gasteiger charge is 2.19. The fourth-order valence-electron chi connectivity index (χ4n) is 4.57. The summed E-state index contributed by atoms with van der Waals surface area (Å²) in [6.07, 6.45) is 3.65. The van der Waals surface area contributed by atoms with E-state index in [4.69, 9.17) is 4.99 Å². The third-order valence-electron chi connectivity index (χ3n) is 6.57. The van der Waals surface area contributed by atoms with E-state index in [1.54, 1.807) is 0 Å². The number of piperidine rings is 1. The van der Waals surface area contributed by atoms with E-state index in [9.17, 15) is 0 Å². The van der Waals surface area contributed by atoms with Gasteiger partial charge in [-0.1, -0.05) is 38.1 Å². The van der Waals surface area contributed by atoms with Crippen molar-refractivity contribution in [1.82, 2.24) is 25.3 Å². The van der Waals surface area contributed by atoms with Gasteiger partial charge < -0.3 is 20.4 Å². The number of guanidine groups is 1. The number of benzene rings is 1. The first-order valence-corrected chi connectivity index (χ1v) is 12.5. The van der Waals surface area contributed by atoms with Gasteiger partial charge in [-0.05, 0) is 50.4 Å². The number of piperazine rings is 1. The first-order valence-electron chi connectivity index (χ1n) is 12.5. The largest absolute Gasteiger partial charge is 0.357 e. The van der Waals surface area contributed by atoms with Crippen molar-refractivity contribution < 1.29 is 0 Å². The summed E-state index contributed by atoms with van der Waals surface area (Å²) in [6.45, 7) is 18.9. The van der Waals surface area contributed by atoms with Gasteiger partial charge in [0.1, 0.15) is 0 Å². The number of rotatable bonds is 9. The summed E-state index contributed by atoms with van der Waals surface area (Å²) in [5.74, 6) is 0.953. The molecule has 6 nitrogen and oxygen atoms in total. The molecule has 0 amide bonds. The van der Waals surface area contributed by atoms with Crippen molar-refractivity contribution in [3.63, 3.8) is 0 Å². The molecule has 2 aliphatic heterocycles. The van der Waals surface area contributed by atoms with Crippen LogP contribution in [0.1, 0.15) is 51.2 Å². The van der Waals surface area contributed by atoms with Gasteiger partial charge in [-0.15, -0.1) is 0 Å². The van der Waals surface area contributed by atoms with Crippen LogP contribution in [0.5, 0.6) is 0 Å². The van der Waals surface area contributed by atoms with E-state index in [1.165, 1.54) is 82.7 Å². The standard InChI is InChI=1S/C25H44N6/c1-4-13-30-14-11-24(12-15-30)28-25(26-5-2)27-20-22-7-9-23(10-8-22)21-31-18-16-29(6-3)17-19-31/h7-10,24H,4-6,11-21H2,1-3H3,(H2,26,27,28). The number of likely N-dealkylation sites (N-methyl/N-ethyl adjacent to an activating group) is 1. The molecule has 0 bridgehead atoms. The van der Waals surface area contributed by atoms with E-state index in [2.05, 4.69) is 70.4 Å². The van der Waals surface area contributed by atoms with Gasteiger partial charge in [0.25, 0.3) is 0 Å². The molecular formula is C25H44N6. The van der Waals surface area contributed by atoms with Gasteiger partial charge in [0.2, 0.25) is 0 Å². The normalized spacial score (nSPS) is 20.2. The average molecular weight is 429 g/mol. The van der Waals surface area contributed by atoms with Crippen LogP contribution in [0.15, 0.2) is 29.3 Å². The fourth-order valence-corrected chi connectivity index (χ4v) is 4.57. The minimum Gasteiger partial charge on any atom is -0.357 e. The smallest absolute Gasteiger partial charge is 0.191 e. The Morgan fingerprint density at radius 1 is 0.871 bits per heavy atom. The minimum atomic E-state index is 0.529. The van der Waals surface area contributed by atoms with Gasteiger partial charge in [-0.25, -0.2) is 4.99 Å². The SMILES string of the molecule is CCCN1CCC(NC(=NCc2ccc(CN3CCN(CC)CC3)cc2)NCC)CC1. The highest BCUT2D eigenvalue weighted by molar-refractivity contribution is 5.80. The molecule has 2 saturated heterocycles. The lowest BCUT2D eigenvalue weighted by Crippen LogP contribution is -2.48. The number of nitrogens with one attached hydrogen (secondary N) is 2. The van der Waals surface area contributed by atoms with Crippen LogP contribution in [0, 0.1) is 0 Å². The van der Waals surface area contributed by atoms with Crippen molar-refractivity contribution in [2.45, 2.75) is 59.2 Å². The van der Waals surface area contributed by atoms with Crippen LogP contribution in [0.4, 0.5) is 0 Å². The molecule has 1 aromatic carbocycles. The zero-order chi connectivity index (χ0) is 21.9. The Bertz CT molecular complexity index is 642. The van der Waals surface area contributed by atoms with Crippen LogP contribution in [-0.4, -0.2) is 85.6 Å². The highest BCUT2D eigenvalue weighted by atomic mass is 15.3. The van der Waals surface area contributed by atoms with Crippen molar-refractivity contribution in [2.75, 3.05) is 58.9 Å². The van der Waals surface area contributed by atoms with Crippen LogP contribution in [0.2, 0.25) is 0 Å². The summed E-state index contributed by atoms with van der Waals surface area (Å²) in [7, 11) is 0. The summed E-state index contributed by atoms with van der Waals surface area (Å²) in [5, 5.41) is 7.09. The molecule has 0 aromatic heterocycles. The topological polar surface area (TPSA) is 46.1 Å². The first kappa shape index (κ1) is 24.0. The maximum atomic E-state index is 4.86. The number of aliphatic imine (C=N–C) groups is 1. The predicted molar refractivity (Wildman–Crippen MR) is 132 cm³/mol. The Hall–Kier alpha value is -1.63. The summed E-state index contributed by atoms with van der Waals surface area (Å²) < 4.78 is 0. The second kappa shape index (κ2) is 13.0. The van der Waals surface area contributed by atoms with E-state index in [0.717, 1.165) is 25.6 Å². The lowest BCUT2D eigenvalue weighted by Gasteiger charge is -2.34. The Morgan fingerprint density at radius 2 is 1.52 bits per heavy atom. The van der Waals surface area contributed by atoms with E-state index >= 15 is 0 Å². The molecule has 0 aliphatic carbocycles. The zero-order valence-electron chi connectivity index (χ0n) is 20.1. The third kappa shape index (κ3) is 8.09. The Morgan fingerprint density at radius 3 is 2.13 bits per heavy atom. The molecule has 6 heteroatoms. The lowest BCUT2D eigenvalue weighted by molar-refractivity contribution is 0.132. The lowest BCUT2D eigenvalue weighted by atomic mass is 10.1. The molecule has 31 heavy (non-hydrogen) atoms. The zero-order valence-corrected chi connectivity index (χ0v) is 20.1. The van der Waals surface area contributed by atoms with Crippen molar-refractivity contribution in [2.24, 2.45) is 4.99 Å². The second-order valence-electron chi connectivity index (χ2n) is 8.98. The van der Waals surface area contributed by atoms with Gasteiger partial charge in [-0.3, -0.25) is 4.90 Å². The van der Waals surface area contributed by atoms with Crippen LogP contribution in [-0.2, 0) is 13.1 Å². The summed E-state index contributed by atoms with van der Waals surface area (Å²) in [4.78, 5) is 12.5. The number of nitrogens with zero attached hydrogens (tertiary/aromatic N) is 4. The second-order valence-corrected chi connectivity index (χ2v) is 8.98. The molecule has 2 heterocycles. The molecule has 2 N–H and O–H groups in total. The maximum Gasteiger partial charge on any atom is 0.191 e. The van der Waals surface area contributed by atoms with Gasteiger partial charge >= 0.3 is 0 Å². The van der Waals surface area contributed by atoms with Crippen LogP contribution < -0.4 is 10.6 Å². The van der Waals surface area contributed by atoms with E-state index in [0.29, 0.717) is 6.04 Å². The molecule has 0 saturated carbocycles. The molecule has 0 radical (unpaired) electrons. The Kier molecular flexibility index (Phi) is 10.1. The fraction of sp³-hybridized carbons (Fsp3) is 0.720. The summed E-state index contributed by atoms with van der Waals surface area (Å²) in [6, 6.07) is 9.57. The van der Waals surface area contributed by atoms with E-state index in [-0.39, 0.29) is 0 Å². The summed E-state index contributed by atoms with van der Waals surface area (Å²) >= 11 is 0. The van der Waals surface area contributed by atoms with Crippen LogP contribution >= 0.6 is 0 Å². The molecule has 2 fully saturated rings. The third-order valence-corrected chi connectivity index (χ3v) is 6.57. The Labute approximate surface area is 190 Å². The summed E-state index contributed by atoms with van der Waals surface area (Å²) in [5.41, 5.74) is 2.68. The molecule has 0 atom stereocenters. The van der Waals surface area contributed by atoms with Crippen LogP contribution in [0.25, 0.3) is 0 Å². The first-order chi connectivity index (χ1) is 15.2. The highest BCUT2D eigenvalue weighted by Crippen LogP contribution is 2.12. The van der Waals surface area contributed by atoms with Gasteiger partial charge in [0.05, 0.1) is 6.54 Å². The monoisotopic (exact) mass is 428 g/mol. The molecule has 0 unspecified atom stereocenters. The minimum absolute atomic E-state index is 0.529. The predicted octanol–water partition coefficient (Wildman–Crippen LogP) is 2.75. The molecule has 1 aromatic rings. The van der Waals surface area contributed by atoms with E-state index < -0.39 is 0 Å². The molecule has 3 rings (SSSR count). The molecule has 2 aliphatic rings. The maximum absolute atomic E-state index is 4.86. The van der Waals surface area contributed by atoms with Crippen molar-refractivity contribution >= 4 is 5.96 Å². The Balaban J connectivity index is 1.46. The van der Waals surface area contributed by atoms with Gasteiger partial charge in [0, 0.05) is 58.4 Å². The number of likely N-dealkylation sites (tertiary alicyclic amines) is 1.